The van der Waals surface area contributed by atoms with E-state index in [9.17, 15) is 18.0 Å². The molecule has 1 atom stereocenters. The number of amides is 1. The third-order valence-corrected chi connectivity index (χ3v) is 1.59. The van der Waals surface area contributed by atoms with Crippen molar-refractivity contribution < 1.29 is 22.7 Å². The number of carbonyl (C=O) groups is 1. The second kappa shape index (κ2) is 7.45. The van der Waals surface area contributed by atoms with Gasteiger partial charge in [0.15, 0.2) is 0 Å². The molecule has 0 radical (unpaired) electrons. The number of hydrogen-bond acceptors (Lipinski definition) is 3. The van der Waals surface area contributed by atoms with Crippen molar-refractivity contribution in [1.29, 1.82) is 0 Å². The zero-order chi connectivity index (χ0) is 12.6. The molecule has 4 nitrogen and oxygen atoms in total. The van der Waals surface area contributed by atoms with Gasteiger partial charge in [0, 0.05) is 12.6 Å². The van der Waals surface area contributed by atoms with Crippen LogP contribution in [0.4, 0.5) is 13.2 Å². The van der Waals surface area contributed by atoms with Crippen LogP contribution in [0.2, 0.25) is 0 Å². The number of hydrogen-bond donors (Lipinski definition) is 2. The highest BCUT2D eigenvalue weighted by Gasteiger charge is 2.26. The van der Waals surface area contributed by atoms with E-state index < -0.39 is 18.6 Å². The standard InChI is InChI=1S/C9H17F3N2O2/c1-3-16-5-7(2)14-8(15)4-13-6-9(10,11)12/h7,13H,3-6H2,1-2H3,(H,14,15). The van der Waals surface area contributed by atoms with E-state index in [0.29, 0.717) is 13.2 Å². The third-order valence-electron chi connectivity index (χ3n) is 1.59. The minimum Gasteiger partial charge on any atom is -0.380 e. The van der Waals surface area contributed by atoms with Crippen LogP contribution < -0.4 is 10.6 Å². The van der Waals surface area contributed by atoms with E-state index in [-0.39, 0.29) is 12.6 Å². The highest BCUT2D eigenvalue weighted by molar-refractivity contribution is 5.78. The van der Waals surface area contributed by atoms with Gasteiger partial charge in [-0.3, -0.25) is 4.79 Å². The zero-order valence-corrected chi connectivity index (χ0v) is 9.36. The molecule has 0 aliphatic heterocycles. The minimum atomic E-state index is -4.29. The number of carbonyl (C=O) groups excluding carboxylic acids is 1. The average molecular weight is 242 g/mol. The number of halogens is 3. The van der Waals surface area contributed by atoms with Crippen LogP contribution >= 0.6 is 0 Å². The van der Waals surface area contributed by atoms with Crippen LogP contribution in [0.15, 0.2) is 0 Å². The normalized spacial score (nSPS) is 13.6. The SMILES string of the molecule is CCOCC(C)NC(=O)CNCC(F)(F)F. The van der Waals surface area contributed by atoms with Crippen molar-refractivity contribution >= 4 is 5.91 Å². The Morgan fingerprint density at radius 3 is 2.56 bits per heavy atom. The Morgan fingerprint density at radius 1 is 1.44 bits per heavy atom. The summed E-state index contributed by atoms with van der Waals surface area (Å²) >= 11 is 0. The first-order chi connectivity index (χ1) is 7.35. The first-order valence-corrected chi connectivity index (χ1v) is 4.99. The van der Waals surface area contributed by atoms with Crippen molar-refractivity contribution in [2.45, 2.75) is 26.1 Å². The van der Waals surface area contributed by atoms with Crippen molar-refractivity contribution in [2.75, 3.05) is 26.3 Å². The zero-order valence-electron chi connectivity index (χ0n) is 9.36. The van der Waals surface area contributed by atoms with Crippen LogP contribution in [0.25, 0.3) is 0 Å². The summed E-state index contributed by atoms with van der Waals surface area (Å²) in [6.45, 7) is 2.90. The molecule has 0 bridgehead atoms. The molecule has 1 amide bonds. The fourth-order valence-electron chi connectivity index (χ4n) is 0.980. The van der Waals surface area contributed by atoms with Crippen molar-refractivity contribution in [2.24, 2.45) is 0 Å². The summed E-state index contributed by atoms with van der Waals surface area (Å²) in [5.41, 5.74) is 0. The highest BCUT2D eigenvalue weighted by atomic mass is 19.4. The Hall–Kier alpha value is -0.820. The van der Waals surface area contributed by atoms with Gasteiger partial charge in [-0.15, -0.1) is 0 Å². The maximum absolute atomic E-state index is 11.7. The molecule has 1 unspecified atom stereocenters. The van der Waals surface area contributed by atoms with Crippen molar-refractivity contribution in [3.05, 3.63) is 0 Å². The van der Waals surface area contributed by atoms with Crippen LogP contribution in [-0.2, 0) is 9.53 Å². The lowest BCUT2D eigenvalue weighted by molar-refractivity contribution is -0.128. The second-order valence-corrected chi connectivity index (χ2v) is 3.35. The summed E-state index contributed by atoms with van der Waals surface area (Å²) in [5.74, 6) is -0.476. The van der Waals surface area contributed by atoms with Gasteiger partial charge in [0.25, 0.3) is 0 Å². The molecule has 0 heterocycles. The maximum Gasteiger partial charge on any atom is 0.401 e. The minimum absolute atomic E-state index is 0.208. The molecule has 0 aromatic rings. The molecule has 0 aliphatic rings. The lowest BCUT2D eigenvalue weighted by Gasteiger charge is -2.14. The number of ether oxygens (including phenoxy) is 1. The van der Waals surface area contributed by atoms with E-state index in [1.807, 2.05) is 12.2 Å². The molecular weight excluding hydrogens is 225 g/mol. The average Bonchev–Trinajstić information content (AvgIpc) is 2.12. The van der Waals surface area contributed by atoms with E-state index in [2.05, 4.69) is 5.32 Å². The molecule has 0 spiro atoms. The Bertz CT molecular complexity index is 209. The molecule has 16 heavy (non-hydrogen) atoms. The van der Waals surface area contributed by atoms with E-state index in [4.69, 9.17) is 4.74 Å². The molecule has 0 aromatic heterocycles. The van der Waals surface area contributed by atoms with Gasteiger partial charge in [-0.1, -0.05) is 0 Å². The molecule has 2 N–H and O–H groups in total. The maximum atomic E-state index is 11.7. The first kappa shape index (κ1) is 15.2. The van der Waals surface area contributed by atoms with Gasteiger partial charge in [0.1, 0.15) is 0 Å². The van der Waals surface area contributed by atoms with Gasteiger partial charge >= 0.3 is 6.18 Å². The monoisotopic (exact) mass is 242 g/mol. The quantitative estimate of drug-likeness (QED) is 0.690. The van der Waals surface area contributed by atoms with E-state index >= 15 is 0 Å². The lowest BCUT2D eigenvalue weighted by Crippen LogP contribution is -2.43. The Balaban J connectivity index is 3.58. The van der Waals surface area contributed by atoms with E-state index in [1.54, 1.807) is 6.92 Å². The molecular formula is C9H17F3N2O2. The molecule has 0 fully saturated rings. The fraction of sp³-hybridized carbons (Fsp3) is 0.889. The highest BCUT2D eigenvalue weighted by Crippen LogP contribution is 2.11. The summed E-state index contributed by atoms with van der Waals surface area (Å²) in [5, 5.41) is 4.52. The topological polar surface area (TPSA) is 50.4 Å². The Kier molecular flexibility index (Phi) is 7.07. The molecule has 0 aliphatic carbocycles. The van der Waals surface area contributed by atoms with Gasteiger partial charge in [0.05, 0.1) is 19.7 Å². The Morgan fingerprint density at radius 2 is 2.06 bits per heavy atom. The van der Waals surface area contributed by atoms with Crippen LogP contribution in [-0.4, -0.2) is 44.4 Å². The molecule has 0 rings (SSSR count). The van der Waals surface area contributed by atoms with Crippen LogP contribution in [0, 0.1) is 0 Å². The Labute approximate surface area is 92.5 Å². The van der Waals surface area contributed by atoms with E-state index in [1.165, 1.54) is 0 Å². The van der Waals surface area contributed by atoms with Gasteiger partial charge in [-0.2, -0.15) is 13.2 Å². The predicted molar refractivity (Wildman–Crippen MR) is 53.0 cm³/mol. The molecule has 7 heteroatoms. The van der Waals surface area contributed by atoms with Crippen molar-refractivity contribution in [1.82, 2.24) is 10.6 Å². The molecule has 0 saturated heterocycles. The molecule has 0 saturated carbocycles. The second-order valence-electron chi connectivity index (χ2n) is 3.35. The molecule has 0 aromatic carbocycles. The van der Waals surface area contributed by atoms with Crippen molar-refractivity contribution in [3.63, 3.8) is 0 Å². The summed E-state index contributed by atoms with van der Waals surface area (Å²) in [4.78, 5) is 11.1. The summed E-state index contributed by atoms with van der Waals surface area (Å²) < 4.78 is 40.2. The predicted octanol–water partition coefficient (Wildman–Crippen LogP) is 0.679. The van der Waals surface area contributed by atoms with Gasteiger partial charge < -0.3 is 15.4 Å². The van der Waals surface area contributed by atoms with Gasteiger partial charge in [0.2, 0.25) is 5.91 Å². The van der Waals surface area contributed by atoms with Crippen LogP contribution in [0.1, 0.15) is 13.8 Å². The summed E-state index contributed by atoms with van der Waals surface area (Å²) in [7, 11) is 0. The van der Waals surface area contributed by atoms with Gasteiger partial charge in [-0.05, 0) is 13.8 Å². The first-order valence-electron chi connectivity index (χ1n) is 4.99. The van der Waals surface area contributed by atoms with Crippen LogP contribution in [0.3, 0.4) is 0 Å². The summed E-state index contributed by atoms with van der Waals surface area (Å²) in [6.07, 6.45) is -4.29. The third kappa shape index (κ3) is 9.72. The van der Waals surface area contributed by atoms with Crippen LogP contribution in [0.5, 0.6) is 0 Å². The lowest BCUT2D eigenvalue weighted by atomic mass is 10.3. The van der Waals surface area contributed by atoms with Crippen molar-refractivity contribution in [3.8, 4) is 0 Å². The van der Waals surface area contributed by atoms with E-state index in [0.717, 1.165) is 0 Å². The smallest absolute Gasteiger partial charge is 0.380 e. The number of nitrogens with one attached hydrogen (secondary N) is 2. The molecule has 96 valence electrons. The number of rotatable bonds is 7. The fourth-order valence-corrected chi connectivity index (χ4v) is 0.980. The number of alkyl halides is 3. The largest absolute Gasteiger partial charge is 0.401 e. The van der Waals surface area contributed by atoms with Gasteiger partial charge in [-0.25, -0.2) is 0 Å². The summed E-state index contributed by atoms with van der Waals surface area (Å²) in [6, 6.07) is -0.208.